The summed E-state index contributed by atoms with van der Waals surface area (Å²) in [5.41, 5.74) is 0.871. The minimum Gasteiger partial charge on any atom is -0.385 e. The first-order valence-corrected chi connectivity index (χ1v) is 3.35. The molecule has 2 nitrogen and oxygen atoms in total. The van der Waals surface area contributed by atoms with E-state index in [4.69, 9.17) is 4.74 Å². The van der Waals surface area contributed by atoms with Crippen LogP contribution in [0.2, 0.25) is 0 Å². The quantitative estimate of drug-likeness (QED) is 0.445. The highest BCUT2D eigenvalue weighted by atomic mass is 16.5. The first kappa shape index (κ1) is 9.24. The van der Waals surface area contributed by atoms with Crippen molar-refractivity contribution in [1.82, 2.24) is 5.32 Å². The topological polar surface area (TPSA) is 21.3 Å². The number of hydrogen-bond acceptors (Lipinski definition) is 2. The number of ether oxygens (including phenoxy) is 1. The van der Waals surface area contributed by atoms with Gasteiger partial charge in [0.1, 0.15) is 0 Å². The molecule has 0 radical (unpaired) electrons. The standard InChI is InChI=1S/C8H15NO/c1-4-8(2)9-6-5-7-10-3/h4,9H,1-2,5-7H2,3H3. The van der Waals surface area contributed by atoms with Gasteiger partial charge in [0.05, 0.1) is 0 Å². The smallest absolute Gasteiger partial charge is 0.0479 e. The zero-order chi connectivity index (χ0) is 7.82. The second-order valence-corrected chi connectivity index (χ2v) is 2.00. The maximum atomic E-state index is 4.86. The summed E-state index contributed by atoms with van der Waals surface area (Å²) in [7, 11) is 1.70. The third-order valence-corrected chi connectivity index (χ3v) is 1.12. The van der Waals surface area contributed by atoms with Crippen molar-refractivity contribution < 1.29 is 4.74 Å². The molecule has 0 unspecified atom stereocenters. The average molecular weight is 141 g/mol. The Bertz CT molecular complexity index is 110. The lowest BCUT2D eigenvalue weighted by Crippen LogP contribution is -2.13. The molecular weight excluding hydrogens is 126 g/mol. The minimum atomic E-state index is 0.789. The number of rotatable bonds is 6. The van der Waals surface area contributed by atoms with Gasteiger partial charge in [-0.3, -0.25) is 0 Å². The van der Waals surface area contributed by atoms with Crippen molar-refractivity contribution in [2.24, 2.45) is 0 Å². The summed E-state index contributed by atoms with van der Waals surface area (Å²) in [6.07, 6.45) is 2.70. The van der Waals surface area contributed by atoms with Crippen molar-refractivity contribution in [3.8, 4) is 0 Å². The third-order valence-electron chi connectivity index (χ3n) is 1.12. The summed E-state index contributed by atoms with van der Waals surface area (Å²) in [5.74, 6) is 0. The molecule has 0 bridgehead atoms. The summed E-state index contributed by atoms with van der Waals surface area (Å²) in [6, 6.07) is 0. The van der Waals surface area contributed by atoms with Gasteiger partial charge in [0, 0.05) is 26.0 Å². The predicted molar refractivity (Wildman–Crippen MR) is 43.8 cm³/mol. The van der Waals surface area contributed by atoms with Gasteiger partial charge in [-0.1, -0.05) is 13.2 Å². The monoisotopic (exact) mass is 141 g/mol. The highest BCUT2D eigenvalue weighted by molar-refractivity contribution is 5.07. The van der Waals surface area contributed by atoms with E-state index in [1.165, 1.54) is 0 Å². The van der Waals surface area contributed by atoms with E-state index in [1.807, 2.05) is 0 Å². The number of nitrogens with one attached hydrogen (secondary N) is 1. The van der Waals surface area contributed by atoms with Crippen LogP contribution in [0.4, 0.5) is 0 Å². The lowest BCUT2D eigenvalue weighted by Gasteiger charge is -2.03. The van der Waals surface area contributed by atoms with Gasteiger partial charge in [0.25, 0.3) is 0 Å². The number of hydrogen-bond donors (Lipinski definition) is 1. The van der Waals surface area contributed by atoms with Crippen molar-refractivity contribution >= 4 is 0 Å². The van der Waals surface area contributed by atoms with Crippen LogP contribution in [0.5, 0.6) is 0 Å². The van der Waals surface area contributed by atoms with Gasteiger partial charge in [0.2, 0.25) is 0 Å². The maximum Gasteiger partial charge on any atom is 0.0479 e. The van der Waals surface area contributed by atoms with Crippen LogP contribution >= 0.6 is 0 Å². The van der Waals surface area contributed by atoms with Crippen molar-refractivity contribution in [2.45, 2.75) is 6.42 Å². The summed E-state index contributed by atoms with van der Waals surface area (Å²) >= 11 is 0. The van der Waals surface area contributed by atoms with Gasteiger partial charge in [-0.05, 0) is 12.5 Å². The molecule has 0 fully saturated rings. The van der Waals surface area contributed by atoms with Crippen LogP contribution in [-0.4, -0.2) is 20.3 Å². The summed E-state index contributed by atoms with van der Waals surface area (Å²) < 4.78 is 4.86. The molecular formula is C8H15NO. The third kappa shape index (κ3) is 5.38. The van der Waals surface area contributed by atoms with Gasteiger partial charge in [-0.25, -0.2) is 0 Å². The normalized spacial score (nSPS) is 8.90. The van der Waals surface area contributed by atoms with Crippen LogP contribution in [0.25, 0.3) is 0 Å². The Hall–Kier alpha value is -0.760. The van der Waals surface area contributed by atoms with Crippen LogP contribution < -0.4 is 5.32 Å². The fourth-order valence-corrected chi connectivity index (χ4v) is 0.538. The van der Waals surface area contributed by atoms with E-state index in [2.05, 4.69) is 18.5 Å². The predicted octanol–water partition coefficient (Wildman–Crippen LogP) is 1.31. The fourth-order valence-electron chi connectivity index (χ4n) is 0.538. The molecule has 0 aliphatic rings. The Morgan fingerprint density at radius 1 is 1.70 bits per heavy atom. The van der Waals surface area contributed by atoms with Crippen LogP contribution in [0, 0.1) is 0 Å². The second kappa shape index (κ2) is 6.36. The molecule has 0 saturated carbocycles. The second-order valence-electron chi connectivity index (χ2n) is 2.00. The van der Waals surface area contributed by atoms with Gasteiger partial charge < -0.3 is 10.1 Å². The molecule has 0 aromatic carbocycles. The van der Waals surface area contributed by atoms with E-state index in [9.17, 15) is 0 Å². The fraction of sp³-hybridized carbons (Fsp3) is 0.500. The van der Waals surface area contributed by atoms with Crippen LogP contribution in [0.15, 0.2) is 24.9 Å². The van der Waals surface area contributed by atoms with Crippen LogP contribution in [0.3, 0.4) is 0 Å². The first-order chi connectivity index (χ1) is 4.81. The van der Waals surface area contributed by atoms with Crippen molar-refractivity contribution in [1.29, 1.82) is 0 Å². The Labute approximate surface area is 62.6 Å². The molecule has 0 amide bonds. The molecule has 0 aromatic rings. The van der Waals surface area contributed by atoms with Gasteiger partial charge in [-0.15, -0.1) is 0 Å². The zero-order valence-electron chi connectivity index (χ0n) is 6.52. The van der Waals surface area contributed by atoms with E-state index in [-0.39, 0.29) is 0 Å². The molecule has 0 aliphatic carbocycles. The van der Waals surface area contributed by atoms with Crippen LogP contribution in [-0.2, 0) is 4.74 Å². The Kier molecular flexibility index (Phi) is 5.88. The summed E-state index contributed by atoms with van der Waals surface area (Å²) in [6.45, 7) is 8.96. The number of allylic oxidation sites excluding steroid dienone is 1. The number of methoxy groups -OCH3 is 1. The average Bonchev–Trinajstić information content (AvgIpc) is 1.98. The molecule has 0 spiro atoms. The largest absolute Gasteiger partial charge is 0.385 e. The van der Waals surface area contributed by atoms with Crippen molar-refractivity contribution in [3.05, 3.63) is 24.9 Å². The molecule has 58 valence electrons. The molecule has 0 saturated heterocycles. The van der Waals surface area contributed by atoms with Gasteiger partial charge in [0.15, 0.2) is 0 Å². The first-order valence-electron chi connectivity index (χ1n) is 3.35. The molecule has 0 heterocycles. The molecule has 0 atom stereocenters. The summed E-state index contributed by atoms with van der Waals surface area (Å²) in [5, 5.41) is 3.07. The molecule has 0 aliphatic heterocycles. The minimum absolute atomic E-state index is 0.789. The van der Waals surface area contributed by atoms with Gasteiger partial charge in [-0.2, -0.15) is 0 Å². The van der Waals surface area contributed by atoms with E-state index in [0.717, 1.165) is 25.3 Å². The van der Waals surface area contributed by atoms with E-state index in [0.29, 0.717) is 0 Å². The lowest BCUT2D eigenvalue weighted by molar-refractivity contribution is 0.195. The highest BCUT2D eigenvalue weighted by Crippen LogP contribution is 1.84. The van der Waals surface area contributed by atoms with E-state index in [1.54, 1.807) is 13.2 Å². The molecule has 0 aromatic heterocycles. The van der Waals surface area contributed by atoms with E-state index < -0.39 is 0 Å². The van der Waals surface area contributed by atoms with E-state index >= 15 is 0 Å². The van der Waals surface area contributed by atoms with Gasteiger partial charge >= 0.3 is 0 Å². The Morgan fingerprint density at radius 3 is 2.90 bits per heavy atom. The molecule has 2 heteroatoms. The maximum absolute atomic E-state index is 4.86. The highest BCUT2D eigenvalue weighted by Gasteiger charge is 1.85. The van der Waals surface area contributed by atoms with Crippen molar-refractivity contribution in [2.75, 3.05) is 20.3 Å². The SMILES string of the molecule is C=CC(=C)NCCCOC. The lowest BCUT2D eigenvalue weighted by atomic mass is 10.4. The Balaban J connectivity index is 3.03. The van der Waals surface area contributed by atoms with Crippen molar-refractivity contribution in [3.63, 3.8) is 0 Å². The zero-order valence-corrected chi connectivity index (χ0v) is 6.52. The Morgan fingerprint density at radius 2 is 2.40 bits per heavy atom. The molecule has 1 N–H and O–H groups in total. The molecule has 10 heavy (non-hydrogen) atoms. The van der Waals surface area contributed by atoms with Crippen LogP contribution in [0.1, 0.15) is 6.42 Å². The molecule has 0 rings (SSSR count). The summed E-state index contributed by atoms with van der Waals surface area (Å²) in [4.78, 5) is 0.